The van der Waals surface area contributed by atoms with Gasteiger partial charge in [0.1, 0.15) is 23.8 Å². The summed E-state index contributed by atoms with van der Waals surface area (Å²) in [6.45, 7) is 6.58. The predicted molar refractivity (Wildman–Crippen MR) is 130 cm³/mol. The monoisotopic (exact) mass is 503 g/mol. The molecule has 9 nitrogen and oxygen atoms in total. The molecule has 1 aromatic heterocycles. The molecule has 3 rings (SSSR count). The number of piperidine rings is 1. The van der Waals surface area contributed by atoms with Crippen LogP contribution in [0.15, 0.2) is 30.3 Å². The summed E-state index contributed by atoms with van der Waals surface area (Å²) in [4.78, 5) is 35.8. The highest BCUT2D eigenvalue weighted by molar-refractivity contribution is 5.94. The topological polar surface area (TPSA) is 90.4 Å². The van der Waals surface area contributed by atoms with Crippen LogP contribution in [0, 0.1) is 5.82 Å². The quantitative estimate of drug-likeness (QED) is 0.512. The summed E-state index contributed by atoms with van der Waals surface area (Å²) >= 11 is 0. The van der Waals surface area contributed by atoms with Gasteiger partial charge < -0.3 is 19.1 Å². The molecule has 2 aromatic rings. The zero-order valence-electron chi connectivity index (χ0n) is 21.7. The van der Waals surface area contributed by atoms with Gasteiger partial charge in [-0.2, -0.15) is 0 Å². The first-order valence-electron chi connectivity index (χ1n) is 11.8. The van der Waals surface area contributed by atoms with Crippen LogP contribution in [0.2, 0.25) is 0 Å². The standard InChI is InChI=1S/C26H34FN3O6/c1-26(2,3)36-25(32)30-12-10-17(11-13-30)21-8-7-9-23(28-21)35-16-19-20(27)14-18(15-22(19)33-5)24(31)29(4)34-6/h7-9,14-15,17H,10-13,16H2,1-6H3. The van der Waals surface area contributed by atoms with E-state index in [0.29, 0.717) is 19.0 Å². The third-order valence-corrected chi connectivity index (χ3v) is 5.86. The molecule has 0 N–H and O–H groups in total. The van der Waals surface area contributed by atoms with Gasteiger partial charge >= 0.3 is 6.09 Å². The second kappa shape index (κ2) is 11.6. The molecule has 2 heterocycles. The Bertz CT molecular complexity index is 1080. The number of aromatic nitrogens is 1. The number of carbonyl (C=O) groups excluding carboxylic acids is 2. The molecule has 1 saturated heterocycles. The number of pyridine rings is 1. The molecule has 0 radical (unpaired) electrons. The number of amides is 2. The largest absolute Gasteiger partial charge is 0.496 e. The molecule has 10 heteroatoms. The van der Waals surface area contributed by atoms with E-state index < -0.39 is 17.3 Å². The zero-order valence-corrected chi connectivity index (χ0v) is 21.7. The van der Waals surface area contributed by atoms with Gasteiger partial charge in [-0.25, -0.2) is 19.2 Å². The summed E-state index contributed by atoms with van der Waals surface area (Å²) in [6, 6.07) is 8.04. The smallest absolute Gasteiger partial charge is 0.410 e. The lowest BCUT2D eigenvalue weighted by molar-refractivity contribution is -0.0757. The van der Waals surface area contributed by atoms with Crippen LogP contribution in [-0.4, -0.2) is 66.9 Å². The molecule has 0 aliphatic carbocycles. The van der Waals surface area contributed by atoms with Gasteiger partial charge in [0.2, 0.25) is 5.88 Å². The molecule has 36 heavy (non-hydrogen) atoms. The minimum absolute atomic E-state index is 0.0929. The van der Waals surface area contributed by atoms with Crippen LogP contribution < -0.4 is 9.47 Å². The number of hydroxylamine groups is 2. The van der Waals surface area contributed by atoms with E-state index in [4.69, 9.17) is 19.0 Å². The number of benzene rings is 1. The first kappa shape index (κ1) is 27.2. The molecule has 0 saturated carbocycles. The van der Waals surface area contributed by atoms with Crippen LogP contribution in [-0.2, 0) is 16.2 Å². The highest BCUT2D eigenvalue weighted by Crippen LogP contribution is 2.30. The van der Waals surface area contributed by atoms with Crippen molar-refractivity contribution in [1.82, 2.24) is 14.9 Å². The number of methoxy groups -OCH3 is 1. The van der Waals surface area contributed by atoms with Crippen LogP contribution in [0.3, 0.4) is 0 Å². The molecule has 0 unspecified atom stereocenters. The number of rotatable bonds is 7. The van der Waals surface area contributed by atoms with Gasteiger partial charge in [0, 0.05) is 43.4 Å². The highest BCUT2D eigenvalue weighted by Gasteiger charge is 2.28. The van der Waals surface area contributed by atoms with Crippen molar-refractivity contribution in [2.75, 3.05) is 34.4 Å². The van der Waals surface area contributed by atoms with E-state index in [1.54, 1.807) is 11.0 Å². The first-order chi connectivity index (χ1) is 17.0. The zero-order chi connectivity index (χ0) is 26.5. The lowest BCUT2D eigenvalue weighted by atomic mass is 9.93. The maximum absolute atomic E-state index is 14.9. The van der Waals surface area contributed by atoms with Crippen molar-refractivity contribution in [2.24, 2.45) is 0 Å². The lowest BCUT2D eigenvalue weighted by Crippen LogP contribution is -2.41. The second-order valence-corrected chi connectivity index (χ2v) is 9.56. The van der Waals surface area contributed by atoms with E-state index in [2.05, 4.69) is 4.98 Å². The van der Waals surface area contributed by atoms with Crippen LogP contribution in [0.5, 0.6) is 11.6 Å². The van der Waals surface area contributed by atoms with Crippen molar-refractivity contribution in [3.05, 3.63) is 53.0 Å². The van der Waals surface area contributed by atoms with E-state index >= 15 is 0 Å². The van der Waals surface area contributed by atoms with Crippen molar-refractivity contribution >= 4 is 12.0 Å². The van der Waals surface area contributed by atoms with Gasteiger partial charge in [0.25, 0.3) is 5.91 Å². The number of nitrogens with zero attached hydrogens (tertiary/aromatic N) is 3. The number of hydrogen-bond donors (Lipinski definition) is 0. The minimum atomic E-state index is -0.632. The fraction of sp³-hybridized carbons (Fsp3) is 0.500. The molecule has 1 fully saturated rings. The summed E-state index contributed by atoms with van der Waals surface area (Å²) in [6.07, 6.45) is 1.20. The van der Waals surface area contributed by atoms with Crippen molar-refractivity contribution in [1.29, 1.82) is 0 Å². The molecule has 1 aromatic carbocycles. The van der Waals surface area contributed by atoms with Crippen molar-refractivity contribution < 1.29 is 33.0 Å². The third kappa shape index (κ3) is 6.84. The van der Waals surface area contributed by atoms with Crippen LogP contribution in [0.4, 0.5) is 9.18 Å². The van der Waals surface area contributed by atoms with E-state index in [1.165, 1.54) is 27.3 Å². The number of halogens is 1. The molecule has 196 valence electrons. The van der Waals surface area contributed by atoms with Gasteiger partial charge in [-0.1, -0.05) is 6.07 Å². The van der Waals surface area contributed by atoms with Crippen molar-refractivity contribution in [2.45, 2.75) is 51.7 Å². The Hall–Kier alpha value is -3.40. The minimum Gasteiger partial charge on any atom is -0.496 e. The maximum Gasteiger partial charge on any atom is 0.410 e. The summed E-state index contributed by atoms with van der Waals surface area (Å²) in [7, 11) is 4.18. The first-order valence-corrected chi connectivity index (χ1v) is 11.8. The second-order valence-electron chi connectivity index (χ2n) is 9.56. The van der Waals surface area contributed by atoms with Crippen LogP contribution >= 0.6 is 0 Å². The van der Waals surface area contributed by atoms with Gasteiger partial charge in [-0.15, -0.1) is 0 Å². The van der Waals surface area contributed by atoms with Gasteiger partial charge in [0.05, 0.1) is 19.8 Å². The molecule has 1 aliphatic heterocycles. The van der Waals surface area contributed by atoms with Crippen LogP contribution in [0.25, 0.3) is 0 Å². The summed E-state index contributed by atoms with van der Waals surface area (Å²) in [5.74, 6) is -0.431. The molecule has 0 atom stereocenters. The maximum atomic E-state index is 14.9. The Kier molecular flexibility index (Phi) is 8.73. The van der Waals surface area contributed by atoms with E-state index in [0.717, 1.165) is 29.7 Å². The van der Waals surface area contributed by atoms with E-state index in [1.807, 2.05) is 32.9 Å². The number of hydrogen-bond acceptors (Lipinski definition) is 7. The normalized spacial score (nSPS) is 14.4. The average molecular weight is 504 g/mol. The lowest BCUT2D eigenvalue weighted by Gasteiger charge is -2.33. The summed E-state index contributed by atoms with van der Waals surface area (Å²) in [5, 5.41) is 0.998. The SMILES string of the molecule is COc1cc(C(=O)N(C)OC)cc(F)c1COc1cccc(C2CCN(C(=O)OC(C)(C)C)CC2)n1. The summed E-state index contributed by atoms with van der Waals surface area (Å²) < 4.78 is 31.4. The Labute approximate surface area is 211 Å². The fourth-order valence-electron chi connectivity index (χ4n) is 3.89. The fourth-order valence-corrected chi connectivity index (χ4v) is 3.89. The van der Waals surface area contributed by atoms with Gasteiger partial charge in [-0.05, 0) is 51.8 Å². The van der Waals surface area contributed by atoms with Crippen LogP contribution in [0.1, 0.15) is 61.1 Å². The molecule has 1 aliphatic rings. The molecule has 2 amide bonds. The Balaban J connectivity index is 1.65. The molecular formula is C26H34FN3O6. The molecular weight excluding hydrogens is 469 g/mol. The van der Waals surface area contributed by atoms with Crippen molar-refractivity contribution in [3.63, 3.8) is 0 Å². The van der Waals surface area contributed by atoms with Crippen molar-refractivity contribution in [3.8, 4) is 11.6 Å². The Morgan fingerprint density at radius 3 is 2.47 bits per heavy atom. The third-order valence-electron chi connectivity index (χ3n) is 5.86. The number of ether oxygens (including phenoxy) is 3. The van der Waals surface area contributed by atoms with Gasteiger partial charge in [-0.3, -0.25) is 9.63 Å². The van der Waals surface area contributed by atoms with E-state index in [-0.39, 0.29) is 35.5 Å². The summed E-state index contributed by atoms with van der Waals surface area (Å²) in [5.41, 5.74) is 0.592. The van der Waals surface area contributed by atoms with Gasteiger partial charge in [0.15, 0.2) is 0 Å². The Morgan fingerprint density at radius 1 is 1.17 bits per heavy atom. The predicted octanol–water partition coefficient (Wildman–Crippen LogP) is 4.56. The average Bonchev–Trinajstić information content (AvgIpc) is 2.85. The Morgan fingerprint density at radius 2 is 1.86 bits per heavy atom. The number of carbonyl (C=O) groups is 2. The van der Waals surface area contributed by atoms with E-state index in [9.17, 15) is 14.0 Å². The molecule has 0 bridgehead atoms. The molecule has 0 spiro atoms. The highest BCUT2D eigenvalue weighted by atomic mass is 19.1. The number of likely N-dealkylation sites (tertiary alicyclic amines) is 1.